The number of ether oxygens (including phenoxy) is 1. The number of hydrogen-bond acceptors (Lipinski definition) is 2. The van der Waals surface area contributed by atoms with E-state index in [1.165, 1.54) is 24.0 Å². The van der Waals surface area contributed by atoms with Gasteiger partial charge in [-0.05, 0) is 52.9 Å². The molecule has 0 atom stereocenters. The van der Waals surface area contributed by atoms with Gasteiger partial charge in [-0.15, -0.1) is 0 Å². The average molecular weight is 373 g/mol. The Kier molecular flexibility index (Phi) is 6.85. The zero-order valence-corrected chi connectivity index (χ0v) is 16.6. The Morgan fingerprint density at radius 3 is 1.68 bits per heavy atom. The summed E-state index contributed by atoms with van der Waals surface area (Å²) in [6, 6.07) is 24.4. The van der Waals surface area contributed by atoms with E-state index in [-0.39, 0.29) is 5.91 Å². The monoisotopic (exact) mass is 373 g/mol. The Labute approximate surface area is 167 Å². The molecule has 0 aliphatic carbocycles. The summed E-state index contributed by atoms with van der Waals surface area (Å²) in [6.07, 6.45) is 3.51. The van der Waals surface area contributed by atoms with E-state index in [2.05, 4.69) is 48.6 Å². The first-order valence-corrected chi connectivity index (χ1v) is 9.87. The first-order valence-electron chi connectivity index (χ1n) is 9.87. The minimum atomic E-state index is -0.0697. The van der Waals surface area contributed by atoms with Crippen molar-refractivity contribution >= 4 is 5.91 Å². The van der Waals surface area contributed by atoms with Crippen LogP contribution in [0.25, 0.3) is 22.3 Å². The van der Waals surface area contributed by atoms with Gasteiger partial charge in [-0.25, -0.2) is 0 Å². The van der Waals surface area contributed by atoms with Crippen molar-refractivity contribution in [2.75, 3.05) is 13.7 Å². The number of benzene rings is 3. The summed E-state index contributed by atoms with van der Waals surface area (Å²) in [5.41, 5.74) is 5.23. The topological polar surface area (TPSA) is 38.3 Å². The van der Waals surface area contributed by atoms with Crippen LogP contribution in [0.1, 0.15) is 36.5 Å². The molecule has 1 amide bonds. The van der Waals surface area contributed by atoms with E-state index in [0.29, 0.717) is 5.56 Å². The van der Waals surface area contributed by atoms with Crippen LogP contribution in [-0.2, 0) is 0 Å². The highest BCUT2D eigenvalue weighted by molar-refractivity contribution is 5.94. The van der Waals surface area contributed by atoms with Gasteiger partial charge in [-0.3, -0.25) is 4.79 Å². The fourth-order valence-electron chi connectivity index (χ4n) is 3.10. The van der Waals surface area contributed by atoms with Crippen LogP contribution in [0.2, 0.25) is 0 Å². The van der Waals surface area contributed by atoms with Crippen molar-refractivity contribution in [3.63, 3.8) is 0 Å². The predicted molar refractivity (Wildman–Crippen MR) is 116 cm³/mol. The van der Waals surface area contributed by atoms with Crippen molar-refractivity contribution in [2.45, 2.75) is 26.2 Å². The maximum Gasteiger partial charge on any atom is 0.251 e. The number of unbranched alkanes of at least 4 members (excludes halogenated alkanes) is 2. The molecule has 0 fully saturated rings. The van der Waals surface area contributed by atoms with Crippen molar-refractivity contribution in [3.05, 3.63) is 78.4 Å². The van der Waals surface area contributed by atoms with E-state index in [9.17, 15) is 4.79 Å². The molecule has 3 aromatic rings. The van der Waals surface area contributed by atoms with Crippen molar-refractivity contribution < 1.29 is 9.53 Å². The van der Waals surface area contributed by atoms with Crippen LogP contribution in [0.15, 0.2) is 72.8 Å². The van der Waals surface area contributed by atoms with E-state index < -0.39 is 0 Å². The molecular weight excluding hydrogens is 346 g/mol. The van der Waals surface area contributed by atoms with Crippen LogP contribution in [0.5, 0.6) is 5.75 Å². The van der Waals surface area contributed by atoms with Gasteiger partial charge in [-0.1, -0.05) is 68.3 Å². The molecule has 3 rings (SSSR count). The van der Waals surface area contributed by atoms with Crippen LogP contribution < -0.4 is 10.1 Å². The lowest BCUT2D eigenvalue weighted by Gasteiger charge is -2.08. The van der Waals surface area contributed by atoms with Gasteiger partial charge in [0, 0.05) is 12.6 Å². The number of carbonyl (C=O) groups excluding carboxylic acids is 1. The first kappa shape index (κ1) is 19.7. The summed E-state index contributed by atoms with van der Waals surface area (Å²) in [5.74, 6) is 0.854. The molecule has 0 unspecified atom stereocenters. The molecule has 144 valence electrons. The van der Waals surface area contributed by atoms with Crippen LogP contribution >= 0.6 is 0 Å². The highest BCUT2D eigenvalue weighted by Gasteiger charge is 2.05. The fourth-order valence-corrected chi connectivity index (χ4v) is 3.10. The summed E-state index contributed by atoms with van der Waals surface area (Å²) in [5, 5.41) is 2.64. The van der Waals surface area contributed by atoms with Gasteiger partial charge in [-0.2, -0.15) is 0 Å². The number of nitrogens with one attached hydrogen (secondary N) is 1. The Hall–Kier alpha value is -3.07. The van der Waals surface area contributed by atoms with Crippen molar-refractivity contribution in [3.8, 4) is 28.0 Å². The minimum absolute atomic E-state index is 0.0697. The van der Waals surface area contributed by atoms with Gasteiger partial charge in [0.25, 0.3) is 5.91 Å². The third-order valence-electron chi connectivity index (χ3n) is 4.80. The van der Waals surface area contributed by atoms with Crippen molar-refractivity contribution in [1.29, 1.82) is 0 Å². The van der Waals surface area contributed by atoms with Gasteiger partial charge in [0.15, 0.2) is 0 Å². The highest BCUT2D eigenvalue weighted by atomic mass is 16.5. The molecule has 0 saturated carbocycles. The minimum Gasteiger partial charge on any atom is -0.494 e. The van der Waals surface area contributed by atoms with Crippen molar-refractivity contribution in [1.82, 2.24) is 5.32 Å². The van der Waals surface area contributed by atoms with Crippen molar-refractivity contribution in [2.24, 2.45) is 0 Å². The molecule has 28 heavy (non-hydrogen) atoms. The summed E-state index contributed by atoms with van der Waals surface area (Å²) in [4.78, 5) is 11.7. The van der Waals surface area contributed by atoms with E-state index in [1.54, 1.807) is 7.05 Å². The van der Waals surface area contributed by atoms with Gasteiger partial charge >= 0.3 is 0 Å². The predicted octanol–water partition coefficient (Wildman–Crippen LogP) is 5.95. The number of rotatable bonds is 8. The van der Waals surface area contributed by atoms with Crippen LogP contribution in [0, 0.1) is 0 Å². The lowest BCUT2D eigenvalue weighted by Crippen LogP contribution is -2.17. The molecule has 3 aromatic carbocycles. The molecule has 1 N–H and O–H groups in total. The van der Waals surface area contributed by atoms with E-state index in [4.69, 9.17) is 4.74 Å². The summed E-state index contributed by atoms with van der Waals surface area (Å²) >= 11 is 0. The summed E-state index contributed by atoms with van der Waals surface area (Å²) in [7, 11) is 1.64. The van der Waals surface area contributed by atoms with Crippen LogP contribution in [-0.4, -0.2) is 19.6 Å². The molecule has 0 aliphatic heterocycles. The van der Waals surface area contributed by atoms with Gasteiger partial charge in [0.2, 0.25) is 0 Å². The second-order valence-electron chi connectivity index (χ2n) is 6.81. The van der Waals surface area contributed by atoms with Gasteiger partial charge in [0.05, 0.1) is 6.61 Å². The molecule has 3 nitrogen and oxygen atoms in total. The van der Waals surface area contributed by atoms with Gasteiger partial charge in [0.1, 0.15) is 5.75 Å². The third kappa shape index (κ3) is 5.01. The molecule has 3 heteroatoms. The smallest absolute Gasteiger partial charge is 0.251 e. The van der Waals surface area contributed by atoms with E-state index in [0.717, 1.165) is 29.9 Å². The second-order valence-corrected chi connectivity index (χ2v) is 6.81. The summed E-state index contributed by atoms with van der Waals surface area (Å²) in [6.45, 7) is 2.97. The van der Waals surface area contributed by atoms with Gasteiger partial charge < -0.3 is 10.1 Å². The largest absolute Gasteiger partial charge is 0.494 e. The quantitative estimate of drug-likeness (QED) is 0.496. The second kappa shape index (κ2) is 9.75. The normalized spacial score (nSPS) is 10.5. The molecular formula is C25H27NO2. The standard InChI is InChI=1S/C25H27NO2/c1-3-4-5-18-28-24-16-14-22(15-17-24)20-8-6-19(7-9-20)21-10-12-23(13-11-21)25(27)26-2/h6-17H,3-5,18H2,1-2H3,(H,26,27). The van der Waals surface area contributed by atoms with E-state index >= 15 is 0 Å². The highest BCUT2D eigenvalue weighted by Crippen LogP contribution is 2.26. The Morgan fingerprint density at radius 1 is 0.750 bits per heavy atom. The maximum atomic E-state index is 11.7. The Bertz CT molecular complexity index is 881. The average Bonchev–Trinajstić information content (AvgIpc) is 2.77. The van der Waals surface area contributed by atoms with Crippen LogP contribution in [0.4, 0.5) is 0 Å². The SMILES string of the molecule is CCCCCOc1ccc(-c2ccc(-c3ccc(C(=O)NC)cc3)cc2)cc1. The number of hydrogen-bond donors (Lipinski definition) is 1. The zero-order chi connectivity index (χ0) is 19.8. The Balaban J connectivity index is 1.66. The molecule has 0 aliphatic rings. The molecule has 0 spiro atoms. The van der Waals surface area contributed by atoms with E-state index in [1.807, 2.05) is 36.4 Å². The maximum absolute atomic E-state index is 11.7. The third-order valence-corrected chi connectivity index (χ3v) is 4.80. The summed E-state index contributed by atoms with van der Waals surface area (Å²) < 4.78 is 5.78. The molecule has 0 heterocycles. The molecule has 0 bridgehead atoms. The molecule has 0 aromatic heterocycles. The van der Waals surface area contributed by atoms with Crippen LogP contribution in [0.3, 0.4) is 0 Å². The fraction of sp³-hybridized carbons (Fsp3) is 0.240. The lowest BCUT2D eigenvalue weighted by molar-refractivity contribution is 0.0963. The molecule has 0 saturated heterocycles. The lowest BCUT2D eigenvalue weighted by atomic mass is 9.99. The molecule has 0 radical (unpaired) electrons. The zero-order valence-electron chi connectivity index (χ0n) is 16.6. The number of carbonyl (C=O) groups is 1. The first-order chi connectivity index (χ1) is 13.7. The Morgan fingerprint density at radius 2 is 1.21 bits per heavy atom. The number of amides is 1.